The van der Waals surface area contributed by atoms with Crippen molar-refractivity contribution in [2.45, 2.75) is 38.6 Å². The van der Waals surface area contributed by atoms with Crippen molar-refractivity contribution in [1.29, 1.82) is 0 Å². The summed E-state index contributed by atoms with van der Waals surface area (Å²) in [5.74, 6) is -0.332. The second kappa shape index (κ2) is 6.78. The molecule has 0 fully saturated rings. The van der Waals surface area contributed by atoms with Gasteiger partial charge in [-0.15, -0.1) is 0 Å². The molecule has 0 spiro atoms. The van der Waals surface area contributed by atoms with Crippen molar-refractivity contribution in [1.82, 2.24) is 14.9 Å². The Morgan fingerprint density at radius 2 is 2.00 bits per heavy atom. The summed E-state index contributed by atoms with van der Waals surface area (Å²) in [7, 11) is -3.93. The van der Waals surface area contributed by atoms with Crippen LogP contribution in [0.5, 0.6) is 0 Å². The fraction of sp³-hybridized carbons (Fsp3) is 0.312. The fourth-order valence-electron chi connectivity index (χ4n) is 2.56. The number of rotatable bonds is 5. The van der Waals surface area contributed by atoms with E-state index in [2.05, 4.69) is 20.2 Å². The largest absolute Gasteiger partial charge is 0.360 e. The summed E-state index contributed by atoms with van der Waals surface area (Å²) in [6.07, 6.45) is 0. The highest BCUT2D eigenvalue weighted by molar-refractivity contribution is 7.89. The molecule has 0 bridgehead atoms. The number of anilines is 1. The standard InChI is InChI=1S/C16H18N4O4S2/c1-8-6-5-7-12-13(8)17-16(25-12)18-15(21)10(3)20-26(22,23)14-9(2)19-24-11(14)4/h5-7,10,20H,1-4H3,(H,17,18,21)/t10-/m0/s1. The Labute approximate surface area is 154 Å². The number of aromatic nitrogens is 2. The van der Waals surface area contributed by atoms with Gasteiger partial charge in [-0.1, -0.05) is 28.6 Å². The Bertz CT molecular complexity index is 1070. The van der Waals surface area contributed by atoms with Gasteiger partial charge in [0.05, 0.1) is 16.3 Å². The zero-order valence-electron chi connectivity index (χ0n) is 14.7. The van der Waals surface area contributed by atoms with Crippen molar-refractivity contribution in [3.05, 3.63) is 35.2 Å². The molecular formula is C16H18N4O4S2. The third-order valence-electron chi connectivity index (χ3n) is 3.81. The summed E-state index contributed by atoms with van der Waals surface area (Å²) in [5, 5.41) is 6.71. The average molecular weight is 394 g/mol. The molecule has 8 nitrogen and oxygen atoms in total. The second-order valence-corrected chi connectivity index (χ2v) is 8.61. The van der Waals surface area contributed by atoms with Crippen LogP contribution in [0.4, 0.5) is 5.13 Å². The van der Waals surface area contributed by atoms with Crippen LogP contribution in [0.3, 0.4) is 0 Å². The molecule has 3 rings (SSSR count). The molecule has 1 aromatic carbocycles. The number of thiazole rings is 1. The number of fused-ring (bicyclic) bond motifs is 1. The van der Waals surface area contributed by atoms with Crippen LogP contribution in [-0.4, -0.2) is 30.5 Å². The topological polar surface area (TPSA) is 114 Å². The van der Waals surface area contributed by atoms with E-state index >= 15 is 0 Å². The van der Waals surface area contributed by atoms with Gasteiger partial charge >= 0.3 is 0 Å². The number of nitrogens with zero attached hydrogens (tertiary/aromatic N) is 2. The lowest BCUT2D eigenvalue weighted by Gasteiger charge is -2.13. The normalized spacial score (nSPS) is 13.1. The maximum absolute atomic E-state index is 12.5. The summed E-state index contributed by atoms with van der Waals surface area (Å²) in [6, 6.07) is 4.77. The van der Waals surface area contributed by atoms with Crippen molar-refractivity contribution in [2.75, 3.05) is 5.32 Å². The smallest absolute Gasteiger partial charge is 0.246 e. The van der Waals surface area contributed by atoms with E-state index in [0.29, 0.717) is 5.13 Å². The van der Waals surface area contributed by atoms with Gasteiger partial charge in [0, 0.05) is 0 Å². The van der Waals surface area contributed by atoms with Crippen LogP contribution < -0.4 is 10.0 Å². The first-order chi connectivity index (χ1) is 12.2. The highest BCUT2D eigenvalue weighted by Gasteiger charge is 2.28. The summed E-state index contributed by atoms with van der Waals surface area (Å²) < 4.78 is 33.1. The molecule has 3 aromatic rings. The third-order valence-corrected chi connectivity index (χ3v) is 6.53. The maximum atomic E-state index is 12.5. The van der Waals surface area contributed by atoms with Crippen molar-refractivity contribution < 1.29 is 17.7 Å². The number of nitrogens with one attached hydrogen (secondary N) is 2. The number of aryl methyl sites for hydroxylation is 3. The summed E-state index contributed by atoms with van der Waals surface area (Å²) in [5.41, 5.74) is 2.06. The van der Waals surface area contributed by atoms with E-state index in [1.54, 1.807) is 0 Å². The van der Waals surface area contributed by atoms with Crippen LogP contribution in [0.2, 0.25) is 0 Å². The first-order valence-electron chi connectivity index (χ1n) is 7.81. The zero-order chi connectivity index (χ0) is 19.1. The Balaban J connectivity index is 1.76. The van der Waals surface area contributed by atoms with E-state index in [1.807, 2.05) is 25.1 Å². The Morgan fingerprint density at radius 3 is 2.62 bits per heavy atom. The maximum Gasteiger partial charge on any atom is 0.246 e. The minimum Gasteiger partial charge on any atom is -0.360 e. The zero-order valence-corrected chi connectivity index (χ0v) is 16.3. The van der Waals surface area contributed by atoms with E-state index in [4.69, 9.17) is 4.52 Å². The number of para-hydroxylation sites is 1. The first kappa shape index (κ1) is 18.5. The van der Waals surface area contributed by atoms with Crippen LogP contribution in [0.25, 0.3) is 10.2 Å². The van der Waals surface area contributed by atoms with Gasteiger partial charge in [0.25, 0.3) is 0 Å². The number of benzene rings is 1. The SMILES string of the molecule is Cc1noc(C)c1S(=O)(=O)N[C@@H](C)C(=O)Nc1nc2c(C)cccc2s1. The molecule has 10 heteroatoms. The summed E-state index contributed by atoms with van der Waals surface area (Å²) >= 11 is 1.33. The monoisotopic (exact) mass is 394 g/mol. The minimum absolute atomic E-state index is 0.0484. The number of carbonyl (C=O) groups is 1. The fourth-order valence-corrected chi connectivity index (χ4v) is 5.04. The molecule has 0 aliphatic carbocycles. The lowest BCUT2D eigenvalue weighted by atomic mass is 10.2. The molecular weight excluding hydrogens is 376 g/mol. The van der Waals surface area contributed by atoms with Gasteiger partial charge in [0.15, 0.2) is 10.9 Å². The quantitative estimate of drug-likeness (QED) is 0.687. The van der Waals surface area contributed by atoms with Gasteiger partial charge in [-0.3, -0.25) is 4.79 Å². The number of amides is 1. The second-order valence-electron chi connectivity index (χ2n) is 5.93. The Kier molecular flexibility index (Phi) is 4.82. The highest BCUT2D eigenvalue weighted by Crippen LogP contribution is 2.28. The van der Waals surface area contributed by atoms with Crippen LogP contribution in [-0.2, 0) is 14.8 Å². The molecule has 0 aliphatic heterocycles. The molecule has 1 atom stereocenters. The molecule has 1 amide bonds. The van der Waals surface area contributed by atoms with Crippen LogP contribution in [0, 0.1) is 20.8 Å². The van der Waals surface area contributed by atoms with E-state index in [-0.39, 0.29) is 16.3 Å². The van der Waals surface area contributed by atoms with Crippen molar-refractivity contribution >= 4 is 42.6 Å². The third kappa shape index (κ3) is 3.48. The summed E-state index contributed by atoms with van der Waals surface area (Å²) in [4.78, 5) is 16.7. The van der Waals surface area contributed by atoms with Gasteiger partial charge in [-0.25, -0.2) is 13.4 Å². The predicted molar refractivity (Wildman–Crippen MR) is 98.7 cm³/mol. The van der Waals surface area contributed by atoms with E-state index in [9.17, 15) is 13.2 Å². The molecule has 0 unspecified atom stereocenters. The highest BCUT2D eigenvalue weighted by atomic mass is 32.2. The van der Waals surface area contributed by atoms with Crippen molar-refractivity contribution in [3.63, 3.8) is 0 Å². The molecule has 2 aromatic heterocycles. The number of hydrogen-bond donors (Lipinski definition) is 2. The Morgan fingerprint density at radius 1 is 1.27 bits per heavy atom. The van der Waals surface area contributed by atoms with Gasteiger partial charge in [-0.05, 0) is 39.3 Å². The Hall–Kier alpha value is -2.30. The average Bonchev–Trinajstić information content (AvgIpc) is 3.11. The van der Waals surface area contributed by atoms with Gasteiger partial charge in [0.1, 0.15) is 10.6 Å². The van der Waals surface area contributed by atoms with Gasteiger partial charge < -0.3 is 9.84 Å². The minimum atomic E-state index is -3.93. The van der Waals surface area contributed by atoms with Crippen LogP contribution in [0.15, 0.2) is 27.6 Å². The number of carbonyl (C=O) groups excluding carboxylic acids is 1. The molecule has 26 heavy (non-hydrogen) atoms. The molecule has 138 valence electrons. The van der Waals surface area contributed by atoms with Crippen LogP contribution >= 0.6 is 11.3 Å². The van der Waals surface area contributed by atoms with E-state index < -0.39 is 22.0 Å². The first-order valence-corrected chi connectivity index (χ1v) is 10.1. The van der Waals surface area contributed by atoms with Gasteiger partial charge in [-0.2, -0.15) is 4.72 Å². The number of hydrogen-bond acceptors (Lipinski definition) is 7. The lowest BCUT2D eigenvalue weighted by Crippen LogP contribution is -2.41. The predicted octanol–water partition coefficient (Wildman–Crippen LogP) is 2.52. The van der Waals surface area contributed by atoms with Gasteiger partial charge in [0.2, 0.25) is 15.9 Å². The molecule has 0 saturated carbocycles. The van der Waals surface area contributed by atoms with Crippen molar-refractivity contribution in [2.24, 2.45) is 0 Å². The molecule has 0 aliphatic rings. The van der Waals surface area contributed by atoms with E-state index in [0.717, 1.165) is 15.8 Å². The lowest BCUT2D eigenvalue weighted by molar-refractivity contribution is -0.117. The van der Waals surface area contributed by atoms with Crippen molar-refractivity contribution in [3.8, 4) is 0 Å². The summed E-state index contributed by atoms with van der Waals surface area (Å²) in [6.45, 7) is 6.43. The molecule has 0 radical (unpaired) electrons. The molecule has 2 N–H and O–H groups in total. The number of sulfonamides is 1. The van der Waals surface area contributed by atoms with E-state index in [1.165, 1.54) is 32.1 Å². The van der Waals surface area contributed by atoms with Crippen LogP contribution in [0.1, 0.15) is 23.9 Å². The molecule has 2 heterocycles. The molecule has 0 saturated heterocycles.